The van der Waals surface area contributed by atoms with E-state index in [-0.39, 0.29) is 18.2 Å². The van der Waals surface area contributed by atoms with Crippen molar-refractivity contribution in [2.75, 3.05) is 18.4 Å². The molecule has 0 radical (unpaired) electrons. The van der Waals surface area contributed by atoms with Crippen molar-refractivity contribution >= 4 is 17.5 Å². The first kappa shape index (κ1) is 26.4. The van der Waals surface area contributed by atoms with Gasteiger partial charge >= 0.3 is 6.18 Å². The number of rotatable bonds is 7. The van der Waals surface area contributed by atoms with Crippen LogP contribution in [0.15, 0.2) is 53.1 Å². The van der Waals surface area contributed by atoms with Gasteiger partial charge in [-0.1, -0.05) is 29.4 Å². The van der Waals surface area contributed by atoms with Crippen molar-refractivity contribution in [3.05, 3.63) is 82.2 Å². The van der Waals surface area contributed by atoms with Gasteiger partial charge in [-0.25, -0.2) is 0 Å². The molecule has 1 aliphatic heterocycles. The standard InChI is InChI=1S/C28H30F3N3O3/c1-18-25(19(2)37-33-18)11-12-26(35)32-24-9-5-21(6-10-24)22-13-15-34(16-14-22)27(36)17-20-3-7-23(8-4-20)28(29,30)31/h3-10,22H,11-17H2,1-2H3,(H,32,35). The predicted octanol–water partition coefficient (Wildman–Crippen LogP) is 5.83. The predicted molar refractivity (Wildman–Crippen MR) is 133 cm³/mol. The van der Waals surface area contributed by atoms with Gasteiger partial charge in [0.05, 0.1) is 17.7 Å². The van der Waals surface area contributed by atoms with E-state index in [2.05, 4.69) is 10.5 Å². The maximum absolute atomic E-state index is 12.7. The zero-order valence-electron chi connectivity index (χ0n) is 20.9. The van der Waals surface area contributed by atoms with Crippen LogP contribution in [0.3, 0.4) is 0 Å². The van der Waals surface area contributed by atoms with Crippen LogP contribution >= 0.6 is 0 Å². The second-order valence-corrected chi connectivity index (χ2v) is 9.50. The number of aryl methyl sites for hydroxylation is 2. The first-order valence-electron chi connectivity index (χ1n) is 12.4. The fourth-order valence-electron chi connectivity index (χ4n) is 4.72. The molecule has 1 N–H and O–H groups in total. The Bertz CT molecular complexity index is 1210. The molecule has 0 saturated carbocycles. The number of carbonyl (C=O) groups excluding carboxylic acids is 2. The molecule has 3 aromatic rings. The molecule has 1 aromatic heterocycles. The number of aromatic nitrogens is 1. The minimum atomic E-state index is -4.38. The van der Waals surface area contributed by atoms with Crippen LogP contribution in [0.1, 0.15) is 58.9 Å². The summed E-state index contributed by atoms with van der Waals surface area (Å²) in [6, 6.07) is 12.6. The molecule has 2 amide bonds. The van der Waals surface area contributed by atoms with Gasteiger partial charge in [0, 0.05) is 30.8 Å². The second kappa shape index (κ2) is 11.2. The summed E-state index contributed by atoms with van der Waals surface area (Å²) in [5.41, 5.74) is 3.52. The summed E-state index contributed by atoms with van der Waals surface area (Å²) in [5.74, 6) is 0.891. The van der Waals surface area contributed by atoms with E-state index in [1.165, 1.54) is 12.1 Å². The lowest BCUT2D eigenvalue weighted by atomic mass is 9.89. The van der Waals surface area contributed by atoms with E-state index >= 15 is 0 Å². The van der Waals surface area contributed by atoms with Crippen LogP contribution in [0.4, 0.5) is 18.9 Å². The van der Waals surface area contributed by atoms with Crippen molar-refractivity contribution in [1.82, 2.24) is 10.1 Å². The Morgan fingerprint density at radius 3 is 2.24 bits per heavy atom. The fraction of sp³-hybridized carbons (Fsp3) is 0.393. The van der Waals surface area contributed by atoms with Crippen molar-refractivity contribution in [3.8, 4) is 0 Å². The Kier molecular flexibility index (Phi) is 8.00. The lowest BCUT2D eigenvalue weighted by molar-refractivity contribution is -0.137. The molecule has 0 bridgehead atoms. The molecule has 196 valence electrons. The Morgan fingerprint density at radius 1 is 1.03 bits per heavy atom. The first-order chi connectivity index (χ1) is 17.6. The fourth-order valence-corrected chi connectivity index (χ4v) is 4.72. The number of anilines is 1. The molecule has 1 aliphatic rings. The van der Waals surface area contributed by atoms with E-state index in [1.54, 1.807) is 4.90 Å². The Balaban J connectivity index is 1.23. The Morgan fingerprint density at radius 2 is 1.68 bits per heavy atom. The van der Waals surface area contributed by atoms with Crippen molar-refractivity contribution in [1.29, 1.82) is 0 Å². The van der Waals surface area contributed by atoms with Crippen LogP contribution in [-0.4, -0.2) is 35.0 Å². The number of nitrogens with one attached hydrogen (secondary N) is 1. The zero-order chi connectivity index (χ0) is 26.6. The molecular formula is C28H30F3N3O3. The summed E-state index contributed by atoms with van der Waals surface area (Å²) in [4.78, 5) is 26.8. The summed E-state index contributed by atoms with van der Waals surface area (Å²) in [5, 5.41) is 6.84. The first-order valence-corrected chi connectivity index (χ1v) is 12.4. The molecule has 0 atom stereocenters. The molecule has 6 nitrogen and oxygen atoms in total. The molecule has 37 heavy (non-hydrogen) atoms. The molecule has 0 spiro atoms. The number of carbonyl (C=O) groups is 2. The maximum Gasteiger partial charge on any atom is 0.416 e. The third kappa shape index (κ3) is 6.78. The normalized spacial score (nSPS) is 14.6. The number of benzene rings is 2. The smallest absolute Gasteiger partial charge is 0.361 e. The van der Waals surface area contributed by atoms with Crippen molar-refractivity contribution in [2.45, 2.75) is 58.0 Å². The van der Waals surface area contributed by atoms with Gasteiger partial charge in [-0.3, -0.25) is 9.59 Å². The van der Waals surface area contributed by atoms with E-state index in [0.717, 1.165) is 53.2 Å². The number of alkyl halides is 3. The number of piperidine rings is 1. The number of nitrogens with zero attached hydrogens (tertiary/aromatic N) is 2. The van der Waals surface area contributed by atoms with Crippen LogP contribution in [-0.2, 0) is 28.6 Å². The van der Waals surface area contributed by atoms with Gasteiger partial charge in [0.1, 0.15) is 5.76 Å². The Hall–Kier alpha value is -3.62. The lowest BCUT2D eigenvalue weighted by Gasteiger charge is -2.32. The highest BCUT2D eigenvalue weighted by Gasteiger charge is 2.30. The third-order valence-corrected chi connectivity index (χ3v) is 6.93. The maximum atomic E-state index is 12.7. The number of likely N-dealkylation sites (tertiary alicyclic amines) is 1. The van der Waals surface area contributed by atoms with E-state index in [0.29, 0.717) is 37.4 Å². The van der Waals surface area contributed by atoms with Crippen LogP contribution in [0.5, 0.6) is 0 Å². The minimum Gasteiger partial charge on any atom is -0.361 e. The van der Waals surface area contributed by atoms with E-state index in [1.807, 2.05) is 38.1 Å². The highest BCUT2D eigenvalue weighted by Crippen LogP contribution is 2.31. The molecule has 9 heteroatoms. The molecule has 1 saturated heterocycles. The monoisotopic (exact) mass is 513 g/mol. The number of hydrogen-bond acceptors (Lipinski definition) is 4. The van der Waals surface area contributed by atoms with E-state index in [4.69, 9.17) is 4.52 Å². The average molecular weight is 514 g/mol. The van der Waals surface area contributed by atoms with Crippen molar-refractivity contribution in [2.24, 2.45) is 0 Å². The largest absolute Gasteiger partial charge is 0.416 e. The van der Waals surface area contributed by atoms with Gasteiger partial charge < -0.3 is 14.7 Å². The summed E-state index contributed by atoms with van der Waals surface area (Å²) in [6.07, 6.45) is -1.77. The number of halogens is 3. The van der Waals surface area contributed by atoms with Crippen LogP contribution in [0.2, 0.25) is 0 Å². The van der Waals surface area contributed by atoms with Gasteiger partial charge in [0.2, 0.25) is 11.8 Å². The van der Waals surface area contributed by atoms with Gasteiger partial charge in [-0.2, -0.15) is 13.2 Å². The van der Waals surface area contributed by atoms with Crippen LogP contribution in [0, 0.1) is 13.8 Å². The summed E-state index contributed by atoms with van der Waals surface area (Å²) >= 11 is 0. The highest BCUT2D eigenvalue weighted by molar-refractivity contribution is 5.90. The lowest BCUT2D eigenvalue weighted by Crippen LogP contribution is -2.38. The SMILES string of the molecule is Cc1noc(C)c1CCC(=O)Nc1ccc(C2CCN(C(=O)Cc3ccc(C(F)(F)F)cc3)CC2)cc1. The van der Waals surface area contributed by atoms with Crippen LogP contribution < -0.4 is 5.32 Å². The van der Waals surface area contributed by atoms with E-state index < -0.39 is 11.7 Å². The topological polar surface area (TPSA) is 75.4 Å². The summed E-state index contributed by atoms with van der Waals surface area (Å²) in [7, 11) is 0. The molecule has 2 aromatic carbocycles. The highest BCUT2D eigenvalue weighted by atomic mass is 19.4. The van der Waals surface area contributed by atoms with Gasteiger partial charge in [-0.15, -0.1) is 0 Å². The summed E-state index contributed by atoms with van der Waals surface area (Å²) < 4.78 is 43.3. The average Bonchev–Trinajstić information content (AvgIpc) is 3.20. The minimum absolute atomic E-state index is 0.0761. The van der Waals surface area contributed by atoms with Crippen molar-refractivity contribution < 1.29 is 27.3 Å². The molecular weight excluding hydrogens is 483 g/mol. The zero-order valence-corrected chi connectivity index (χ0v) is 20.9. The molecule has 0 unspecified atom stereocenters. The molecule has 0 aliphatic carbocycles. The van der Waals surface area contributed by atoms with Gasteiger partial charge in [0.25, 0.3) is 0 Å². The van der Waals surface area contributed by atoms with Crippen molar-refractivity contribution in [3.63, 3.8) is 0 Å². The van der Waals surface area contributed by atoms with Gasteiger partial charge in [-0.05, 0) is 74.4 Å². The molecule has 2 heterocycles. The summed E-state index contributed by atoms with van der Waals surface area (Å²) in [6.45, 7) is 4.91. The molecule has 1 fully saturated rings. The van der Waals surface area contributed by atoms with Gasteiger partial charge in [0.15, 0.2) is 0 Å². The van der Waals surface area contributed by atoms with Crippen LogP contribution in [0.25, 0.3) is 0 Å². The number of amides is 2. The Labute approximate surface area is 213 Å². The van der Waals surface area contributed by atoms with E-state index in [9.17, 15) is 22.8 Å². The third-order valence-electron chi connectivity index (χ3n) is 6.93. The second-order valence-electron chi connectivity index (χ2n) is 9.50. The quantitative estimate of drug-likeness (QED) is 0.431. The number of hydrogen-bond donors (Lipinski definition) is 1. The molecule has 4 rings (SSSR count).